The number of nitrogens with zero attached hydrogens (tertiary/aromatic N) is 3. The number of fused-ring (bicyclic) bond motifs is 1. The van der Waals surface area contributed by atoms with Crippen LogP contribution < -0.4 is 10.6 Å². The second-order valence-corrected chi connectivity index (χ2v) is 12.2. The van der Waals surface area contributed by atoms with Crippen molar-refractivity contribution in [2.45, 2.75) is 77.1 Å². The number of amides is 1. The largest absolute Gasteiger partial charge is 0.444 e. The van der Waals surface area contributed by atoms with Crippen LogP contribution in [0.1, 0.15) is 68.8 Å². The Morgan fingerprint density at radius 2 is 1.90 bits per heavy atom. The summed E-state index contributed by atoms with van der Waals surface area (Å²) in [4.78, 5) is 23.8. The standard InChI is InChI=1S/C32H38ClN5O2/c1-32(2,3)40-31(39)36-23-15-12-21(13-16-23)20-38(4)25-10-7-9-24(18-25)35-30-34-19-28(33)29(37-30)27-17-14-22-8-5-6-11-26(22)27/h5-6,8,11-13,15-17,19,24-25H,7,9-10,14,18,20H2,1-4H3,(H,36,39)(H,34,35,37)/t24-,25+/m1/s1. The van der Waals surface area contributed by atoms with Crippen LogP contribution >= 0.6 is 11.6 Å². The quantitative estimate of drug-likeness (QED) is 0.316. The van der Waals surface area contributed by atoms with Gasteiger partial charge in [-0.05, 0) is 88.7 Å². The van der Waals surface area contributed by atoms with E-state index < -0.39 is 11.7 Å². The molecule has 1 aromatic heterocycles. The van der Waals surface area contributed by atoms with Crippen LogP contribution in [0.2, 0.25) is 5.02 Å². The van der Waals surface area contributed by atoms with E-state index in [1.165, 1.54) is 16.7 Å². The molecule has 1 heterocycles. The summed E-state index contributed by atoms with van der Waals surface area (Å²) in [6, 6.07) is 17.1. The Morgan fingerprint density at radius 3 is 2.67 bits per heavy atom. The van der Waals surface area contributed by atoms with E-state index in [0.717, 1.165) is 55.6 Å². The monoisotopic (exact) mass is 559 g/mol. The number of benzene rings is 2. The first-order chi connectivity index (χ1) is 19.1. The van der Waals surface area contributed by atoms with Crippen molar-refractivity contribution in [1.82, 2.24) is 14.9 Å². The Hall–Kier alpha value is -3.42. The Balaban J connectivity index is 1.18. The van der Waals surface area contributed by atoms with E-state index >= 15 is 0 Å². The van der Waals surface area contributed by atoms with Gasteiger partial charge in [0.15, 0.2) is 0 Å². The molecule has 0 spiro atoms. The maximum atomic E-state index is 12.0. The van der Waals surface area contributed by atoms with Crippen LogP contribution in [0.4, 0.5) is 16.4 Å². The summed E-state index contributed by atoms with van der Waals surface area (Å²) in [6.45, 7) is 6.39. The number of hydrogen-bond donors (Lipinski definition) is 2. The van der Waals surface area contributed by atoms with Crippen molar-refractivity contribution in [2.24, 2.45) is 0 Å². The first-order valence-electron chi connectivity index (χ1n) is 14.0. The second-order valence-electron chi connectivity index (χ2n) is 11.8. The van der Waals surface area contributed by atoms with Crippen molar-refractivity contribution in [3.05, 3.63) is 88.2 Å². The highest BCUT2D eigenvalue weighted by molar-refractivity contribution is 6.32. The molecule has 0 aliphatic heterocycles. The van der Waals surface area contributed by atoms with E-state index in [2.05, 4.69) is 70.0 Å². The molecule has 210 valence electrons. The maximum Gasteiger partial charge on any atom is 0.412 e. The molecule has 3 aromatic rings. The summed E-state index contributed by atoms with van der Waals surface area (Å²) in [5.41, 5.74) is 5.76. The molecule has 0 unspecified atom stereocenters. The number of halogens is 1. The first kappa shape index (κ1) is 28.1. The predicted molar refractivity (Wildman–Crippen MR) is 162 cm³/mol. The number of ether oxygens (including phenoxy) is 1. The molecule has 2 aliphatic carbocycles. The summed E-state index contributed by atoms with van der Waals surface area (Å²) in [6.07, 6.45) is 8.77. The molecule has 2 aliphatic rings. The fraction of sp³-hybridized carbons (Fsp3) is 0.406. The van der Waals surface area contributed by atoms with Gasteiger partial charge in [0.1, 0.15) is 5.60 Å². The van der Waals surface area contributed by atoms with Gasteiger partial charge in [0.25, 0.3) is 0 Å². The van der Waals surface area contributed by atoms with Crippen LogP contribution in [-0.2, 0) is 17.7 Å². The van der Waals surface area contributed by atoms with E-state index in [4.69, 9.17) is 21.3 Å². The number of anilines is 2. The maximum absolute atomic E-state index is 12.0. The molecule has 40 heavy (non-hydrogen) atoms. The third-order valence-corrected chi connectivity index (χ3v) is 7.74. The van der Waals surface area contributed by atoms with Crippen LogP contribution in [0.25, 0.3) is 5.57 Å². The van der Waals surface area contributed by atoms with Gasteiger partial charge in [-0.15, -0.1) is 0 Å². The highest BCUT2D eigenvalue weighted by atomic mass is 35.5. The molecule has 5 rings (SSSR count). The summed E-state index contributed by atoms with van der Waals surface area (Å²) >= 11 is 6.56. The topological polar surface area (TPSA) is 79.4 Å². The third-order valence-electron chi connectivity index (χ3n) is 7.47. The van der Waals surface area contributed by atoms with Gasteiger partial charge in [0.05, 0.1) is 16.9 Å². The Bertz CT molecular complexity index is 1380. The van der Waals surface area contributed by atoms with Crippen molar-refractivity contribution < 1.29 is 9.53 Å². The van der Waals surface area contributed by atoms with Crippen molar-refractivity contribution in [3.63, 3.8) is 0 Å². The molecule has 2 atom stereocenters. The van der Waals surface area contributed by atoms with Crippen LogP contribution in [0.3, 0.4) is 0 Å². The lowest BCUT2D eigenvalue weighted by atomic mass is 9.90. The lowest BCUT2D eigenvalue weighted by Crippen LogP contribution is -2.40. The molecule has 2 aromatic carbocycles. The average molecular weight is 560 g/mol. The molecule has 1 saturated carbocycles. The van der Waals surface area contributed by atoms with Crippen LogP contribution in [0.5, 0.6) is 0 Å². The summed E-state index contributed by atoms with van der Waals surface area (Å²) < 4.78 is 5.34. The summed E-state index contributed by atoms with van der Waals surface area (Å²) in [7, 11) is 2.18. The summed E-state index contributed by atoms with van der Waals surface area (Å²) in [5, 5.41) is 6.97. The van der Waals surface area contributed by atoms with E-state index in [0.29, 0.717) is 23.1 Å². The van der Waals surface area contributed by atoms with Gasteiger partial charge >= 0.3 is 6.09 Å². The van der Waals surface area contributed by atoms with Gasteiger partial charge in [-0.3, -0.25) is 10.2 Å². The Morgan fingerprint density at radius 1 is 1.12 bits per heavy atom. The smallest absolute Gasteiger partial charge is 0.412 e. The number of nitrogens with one attached hydrogen (secondary N) is 2. The van der Waals surface area contributed by atoms with Crippen molar-refractivity contribution in [2.75, 3.05) is 17.7 Å². The van der Waals surface area contributed by atoms with E-state index in [9.17, 15) is 4.79 Å². The van der Waals surface area contributed by atoms with Crippen LogP contribution in [-0.4, -0.2) is 45.7 Å². The normalized spacial score (nSPS) is 18.7. The SMILES string of the molecule is CN(Cc1ccc(NC(=O)OC(C)(C)C)cc1)[C@H]1CCC[C@@H](Nc2ncc(Cl)c(C3=CCc4ccccc43)n2)C1. The fourth-order valence-corrected chi connectivity index (χ4v) is 5.74. The van der Waals surface area contributed by atoms with Crippen molar-refractivity contribution in [3.8, 4) is 0 Å². The van der Waals surface area contributed by atoms with Crippen molar-refractivity contribution in [1.29, 1.82) is 0 Å². The molecule has 0 bridgehead atoms. The van der Waals surface area contributed by atoms with Gasteiger partial charge in [0, 0.05) is 29.9 Å². The fourth-order valence-electron chi connectivity index (χ4n) is 5.54. The Kier molecular flexibility index (Phi) is 8.43. The number of carbonyl (C=O) groups excluding carboxylic acids is 1. The number of allylic oxidation sites excluding steroid dienone is 1. The van der Waals surface area contributed by atoms with Gasteiger partial charge in [-0.25, -0.2) is 14.8 Å². The first-order valence-corrected chi connectivity index (χ1v) is 14.4. The van der Waals surface area contributed by atoms with Crippen LogP contribution in [0, 0.1) is 0 Å². The van der Waals surface area contributed by atoms with E-state index in [-0.39, 0.29) is 0 Å². The molecule has 1 amide bonds. The Labute approximate surface area is 242 Å². The van der Waals surface area contributed by atoms with E-state index in [1.807, 2.05) is 32.9 Å². The molecular weight excluding hydrogens is 522 g/mol. The van der Waals surface area contributed by atoms with Crippen molar-refractivity contribution >= 4 is 34.9 Å². The molecule has 8 heteroatoms. The lowest BCUT2D eigenvalue weighted by molar-refractivity contribution is 0.0636. The molecular formula is C32H38ClN5O2. The minimum absolute atomic E-state index is 0.292. The molecule has 0 radical (unpaired) electrons. The van der Waals surface area contributed by atoms with Gasteiger partial charge in [-0.1, -0.05) is 54.1 Å². The minimum Gasteiger partial charge on any atom is -0.444 e. The zero-order chi connectivity index (χ0) is 28.3. The van der Waals surface area contributed by atoms with Gasteiger partial charge in [0.2, 0.25) is 5.95 Å². The minimum atomic E-state index is -0.527. The van der Waals surface area contributed by atoms with Crippen LogP contribution in [0.15, 0.2) is 60.8 Å². The van der Waals surface area contributed by atoms with Gasteiger partial charge < -0.3 is 10.1 Å². The predicted octanol–water partition coefficient (Wildman–Crippen LogP) is 7.32. The molecule has 0 saturated heterocycles. The van der Waals surface area contributed by atoms with E-state index in [1.54, 1.807) is 6.20 Å². The highest BCUT2D eigenvalue weighted by Crippen LogP contribution is 2.35. The zero-order valence-electron chi connectivity index (χ0n) is 23.7. The lowest BCUT2D eigenvalue weighted by Gasteiger charge is -2.35. The number of hydrogen-bond acceptors (Lipinski definition) is 6. The average Bonchev–Trinajstić information content (AvgIpc) is 3.34. The second kappa shape index (κ2) is 12.0. The molecule has 2 N–H and O–H groups in total. The van der Waals surface area contributed by atoms with Gasteiger partial charge in [-0.2, -0.15) is 0 Å². The third kappa shape index (κ3) is 7.01. The number of rotatable bonds is 7. The number of carbonyl (C=O) groups is 1. The highest BCUT2D eigenvalue weighted by Gasteiger charge is 2.26. The summed E-state index contributed by atoms with van der Waals surface area (Å²) in [5.74, 6) is 0.631. The molecule has 1 fully saturated rings. The number of aromatic nitrogens is 2. The zero-order valence-corrected chi connectivity index (χ0v) is 24.5. The molecule has 7 nitrogen and oxygen atoms in total.